The standard InChI is InChI=1S/C16H22N4S/c1-13-6-3-4-7-15(13)20-9-5-8-19(10-11-20)12-16-18-17-14(2)21-16/h3-4,6-7H,5,8-12H2,1-2H3. The van der Waals surface area contributed by atoms with Crippen LogP contribution >= 0.6 is 11.3 Å². The van der Waals surface area contributed by atoms with Crippen molar-refractivity contribution in [3.8, 4) is 0 Å². The summed E-state index contributed by atoms with van der Waals surface area (Å²) in [6.45, 7) is 9.60. The number of aromatic nitrogens is 2. The number of rotatable bonds is 3. The topological polar surface area (TPSA) is 32.3 Å². The summed E-state index contributed by atoms with van der Waals surface area (Å²) in [6.07, 6.45) is 1.20. The highest BCUT2D eigenvalue weighted by molar-refractivity contribution is 7.11. The van der Waals surface area contributed by atoms with Crippen molar-refractivity contribution in [3.63, 3.8) is 0 Å². The zero-order valence-corrected chi connectivity index (χ0v) is 13.6. The largest absolute Gasteiger partial charge is 0.370 e. The lowest BCUT2D eigenvalue weighted by molar-refractivity contribution is 0.284. The van der Waals surface area contributed by atoms with E-state index in [0.29, 0.717) is 0 Å². The summed E-state index contributed by atoms with van der Waals surface area (Å²) >= 11 is 1.71. The summed E-state index contributed by atoms with van der Waals surface area (Å²) in [4.78, 5) is 5.01. The Morgan fingerprint density at radius 3 is 2.67 bits per heavy atom. The molecule has 0 atom stereocenters. The molecule has 0 aliphatic carbocycles. The summed E-state index contributed by atoms with van der Waals surface area (Å²) in [5.41, 5.74) is 2.75. The maximum absolute atomic E-state index is 4.25. The summed E-state index contributed by atoms with van der Waals surface area (Å²) < 4.78 is 0. The molecule has 1 saturated heterocycles. The van der Waals surface area contributed by atoms with E-state index < -0.39 is 0 Å². The second-order valence-corrected chi connectivity index (χ2v) is 6.88. The number of aryl methyl sites for hydroxylation is 2. The van der Waals surface area contributed by atoms with Crippen molar-refractivity contribution in [2.75, 3.05) is 31.1 Å². The fraction of sp³-hybridized carbons (Fsp3) is 0.500. The van der Waals surface area contributed by atoms with Gasteiger partial charge >= 0.3 is 0 Å². The van der Waals surface area contributed by atoms with Crippen LogP contribution in [0, 0.1) is 13.8 Å². The van der Waals surface area contributed by atoms with Gasteiger partial charge in [0.25, 0.3) is 0 Å². The molecule has 112 valence electrons. The average Bonchev–Trinajstić information content (AvgIpc) is 2.74. The molecule has 2 heterocycles. The first-order chi connectivity index (χ1) is 10.2. The highest BCUT2D eigenvalue weighted by Crippen LogP contribution is 2.21. The van der Waals surface area contributed by atoms with E-state index in [2.05, 4.69) is 51.2 Å². The first kappa shape index (κ1) is 14.5. The molecule has 5 heteroatoms. The Kier molecular flexibility index (Phi) is 4.51. The highest BCUT2D eigenvalue weighted by Gasteiger charge is 2.17. The number of hydrogen-bond donors (Lipinski definition) is 0. The molecule has 0 amide bonds. The van der Waals surface area contributed by atoms with Crippen molar-refractivity contribution in [3.05, 3.63) is 39.8 Å². The van der Waals surface area contributed by atoms with Crippen LogP contribution in [0.2, 0.25) is 0 Å². The van der Waals surface area contributed by atoms with Crippen LogP contribution in [0.15, 0.2) is 24.3 Å². The summed E-state index contributed by atoms with van der Waals surface area (Å²) in [7, 11) is 0. The Balaban J connectivity index is 1.63. The molecule has 1 aliphatic rings. The molecule has 0 N–H and O–H groups in total. The van der Waals surface area contributed by atoms with Crippen molar-refractivity contribution in [2.45, 2.75) is 26.8 Å². The lowest BCUT2D eigenvalue weighted by atomic mass is 10.2. The van der Waals surface area contributed by atoms with Gasteiger partial charge in [0.05, 0.1) is 6.54 Å². The molecule has 1 aromatic heterocycles. The van der Waals surface area contributed by atoms with Crippen LogP contribution in [0.3, 0.4) is 0 Å². The maximum atomic E-state index is 4.25. The molecule has 2 aromatic rings. The maximum Gasteiger partial charge on any atom is 0.131 e. The van der Waals surface area contributed by atoms with Crippen LogP contribution in [-0.4, -0.2) is 41.3 Å². The zero-order chi connectivity index (χ0) is 14.7. The number of hydrogen-bond acceptors (Lipinski definition) is 5. The molecule has 1 aromatic carbocycles. The van der Waals surface area contributed by atoms with E-state index in [1.54, 1.807) is 11.3 Å². The van der Waals surface area contributed by atoms with E-state index in [9.17, 15) is 0 Å². The number of benzene rings is 1. The fourth-order valence-corrected chi connectivity index (χ4v) is 3.63. The van der Waals surface area contributed by atoms with Gasteiger partial charge in [-0.3, -0.25) is 4.90 Å². The van der Waals surface area contributed by atoms with E-state index in [0.717, 1.165) is 42.7 Å². The molecule has 3 rings (SSSR count). The third kappa shape index (κ3) is 3.60. The summed E-state index contributed by atoms with van der Waals surface area (Å²) in [5.74, 6) is 0. The summed E-state index contributed by atoms with van der Waals surface area (Å²) in [5, 5.41) is 10.5. The van der Waals surface area contributed by atoms with Crippen molar-refractivity contribution in [1.82, 2.24) is 15.1 Å². The van der Waals surface area contributed by atoms with Gasteiger partial charge in [-0.15, -0.1) is 21.5 Å². The monoisotopic (exact) mass is 302 g/mol. The number of para-hydroxylation sites is 1. The van der Waals surface area contributed by atoms with Crippen LogP contribution in [0.5, 0.6) is 0 Å². The smallest absolute Gasteiger partial charge is 0.131 e. The van der Waals surface area contributed by atoms with Gasteiger partial charge in [-0.25, -0.2) is 0 Å². The minimum Gasteiger partial charge on any atom is -0.370 e. The van der Waals surface area contributed by atoms with Gasteiger partial charge in [-0.05, 0) is 31.9 Å². The number of nitrogens with zero attached hydrogens (tertiary/aromatic N) is 4. The van der Waals surface area contributed by atoms with E-state index in [-0.39, 0.29) is 0 Å². The van der Waals surface area contributed by atoms with Gasteiger partial charge in [0.1, 0.15) is 10.0 Å². The molecule has 4 nitrogen and oxygen atoms in total. The lowest BCUT2D eigenvalue weighted by Gasteiger charge is -2.25. The van der Waals surface area contributed by atoms with Crippen molar-refractivity contribution in [2.24, 2.45) is 0 Å². The van der Waals surface area contributed by atoms with Crippen LogP contribution in [0.25, 0.3) is 0 Å². The van der Waals surface area contributed by atoms with Gasteiger partial charge in [-0.2, -0.15) is 0 Å². The first-order valence-electron chi connectivity index (χ1n) is 7.54. The minimum atomic E-state index is 0.938. The Hall–Kier alpha value is -1.46. The molecule has 0 radical (unpaired) electrons. The fourth-order valence-electron chi connectivity index (χ4n) is 2.88. The second-order valence-electron chi connectivity index (χ2n) is 5.62. The van der Waals surface area contributed by atoms with Gasteiger partial charge in [0, 0.05) is 31.9 Å². The predicted molar refractivity (Wildman–Crippen MR) is 87.9 cm³/mol. The van der Waals surface area contributed by atoms with E-state index in [1.807, 2.05) is 6.92 Å². The SMILES string of the molecule is Cc1nnc(CN2CCCN(c3ccccc3C)CC2)s1. The molecule has 1 fully saturated rings. The van der Waals surface area contributed by atoms with Gasteiger partial charge < -0.3 is 4.90 Å². The molecule has 21 heavy (non-hydrogen) atoms. The molecule has 0 saturated carbocycles. The van der Waals surface area contributed by atoms with Gasteiger partial charge in [0.2, 0.25) is 0 Å². The third-order valence-electron chi connectivity index (χ3n) is 3.97. The van der Waals surface area contributed by atoms with E-state index >= 15 is 0 Å². The Labute approximate surface area is 130 Å². The zero-order valence-electron chi connectivity index (χ0n) is 12.7. The van der Waals surface area contributed by atoms with E-state index in [1.165, 1.54) is 17.7 Å². The molecule has 0 unspecified atom stereocenters. The third-order valence-corrected chi connectivity index (χ3v) is 4.79. The molecule has 1 aliphatic heterocycles. The Morgan fingerprint density at radius 2 is 1.90 bits per heavy atom. The Morgan fingerprint density at radius 1 is 1.05 bits per heavy atom. The predicted octanol–water partition coefficient (Wildman–Crippen LogP) is 2.87. The summed E-state index contributed by atoms with van der Waals surface area (Å²) in [6, 6.07) is 8.68. The van der Waals surface area contributed by atoms with Gasteiger partial charge in [-0.1, -0.05) is 18.2 Å². The quantitative estimate of drug-likeness (QED) is 0.873. The van der Waals surface area contributed by atoms with Crippen LogP contribution in [0.1, 0.15) is 22.0 Å². The van der Waals surface area contributed by atoms with Crippen LogP contribution < -0.4 is 4.90 Å². The van der Waals surface area contributed by atoms with E-state index in [4.69, 9.17) is 0 Å². The molecular formula is C16H22N4S. The average molecular weight is 302 g/mol. The molecular weight excluding hydrogens is 280 g/mol. The highest BCUT2D eigenvalue weighted by atomic mass is 32.1. The number of anilines is 1. The van der Waals surface area contributed by atoms with Crippen molar-refractivity contribution < 1.29 is 0 Å². The molecule has 0 spiro atoms. The van der Waals surface area contributed by atoms with Gasteiger partial charge in [0.15, 0.2) is 0 Å². The molecule has 0 bridgehead atoms. The van der Waals surface area contributed by atoms with Crippen molar-refractivity contribution in [1.29, 1.82) is 0 Å². The second kappa shape index (κ2) is 6.54. The van der Waals surface area contributed by atoms with Crippen LogP contribution in [-0.2, 0) is 6.54 Å². The normalized spacial score (nSPS) is 17.0. The minimum absolute atomic E-state index is 0.938. The first-order valence-corrected chi connectivity index (χ1v) is 8.36. The Bertz CT molecular complexity index is 595. The van der Waals surface area contributed by atoms with Crippen molar-refractivity contribution >= 4 is 17.0 Å². The van der Waals surface area contributed by atoms with Crippen LogP contribution in [0.4, 0.5) is 5.69 Å². The lowest BCUT2D eigenvalue weighted by Crippen LogP contribution is -2.30.